The first-order valence-electron chi connectivity index (χ1n) is 6.48. The molecule has 118 valence electrons. The number of nitrogens with two attached hydrogens (primary N) is 1. The Kier molecular flexibility index (Phi) is 8.32. The third-order valence-electron chi connectivity index (χ3n) is 3.27. The quantitative estimate of drug-likeness (QED) is 0.773. The SMILES string of the molecule is CCC(C)C(N)C(=O)Nc1ccc(Cl)c(C(=O)NC)c1.Cl. The van der Waals surface area contributed by atoms with E-state index in [4.69, 9.17) is 17.3 Å². The lowest BCUT2D eigenvalue weighted by Gasteiger charge is -2.18. The lowest BCUT2D eigenvalue weighted by Crippen LogP contribution is -2.40. The fourth-order valence-electron chi connectivity index (χ4n) is 1.65. The highest BCUT2D eigenvalue weighted by Crippen LogP contribution is 2.21. The molecule has 1 rings (SSSR count). The number of hydrogen-bond acceptors (Lipinski definition) is 3. The van der Waals surface area contributed by atoms with Crippen LogP contribution in [0.1, 0.15) is 30.6 Å². The smallest absolute Gasteiger partial charge is 0.252 e. The second-order valence-electron chi connectivity index (χ2n) is 4.67. The molecule has 2 unspecified atom stereocenters. The van der Waals surface area contributed by atoms with Crippen molar-refractivity contribution < 1.29 is 9.59 Å². The Hall–Kier alpha value is -1.30. The number of halogens is 2. The van der Waals surface area contributed by atoms with Gasteiger partial charge >= 0.3 is 0 Å². The van der Waals surface area contributed by atoms with Gasteiger partial charge in [-0.05, 0) is 24.1 Å². The summed E-state index contributed by atoms with van der Waals surface area (Å²) in [5.41, 5.74) is 6.66. The van der Waals surface area contributed by atoms with Gasteiger partial charge in [0.15, 0.2) is 0 Å². The number of anilines is 1. The maximum absolute atomic E-state index is 12.0. The van der Waals surface area contributed by atoms with Gasteiger partial charge in [-0.2, -0.15) is 0 Å². The first-order chi connectivity index (χ1) is 9.40. The number of carbonyl (C=O) groups is 2. The van der Waals surface area contributed by atoms with Crippen molar-refractivity contribution in [3.63, 3.8) is 0 Å². The van der Waals surface area contributed by atoms with Gasteiger partial charge in [0.25, 0.3) is 5.91 Å². The second-order valence-corrected chi connectivity index (χ2v) is 5.08. The number of hydrogen-bond donors (Lipinski definition) is 3. The van der Waals surface area contributed by atoms with Gasteiger partial charge in [-0.15, -0.1) is 12.4 Å². The topological polar surface area (TPSA) is 84.2 Å². The molecule has 0 spiro atoms. The van der Waals surface area contributed by atoms with Crippen LogP contribution in [0, 0.1) is 5.92 Å². The zero-order valence-corrected chi connectivity index (χ0v) is 13.8. The molecule has 4 N–H and O–H groups in total. The minimum absolute atomic E-state index is 0. The van der Waals surface area contributed by atoms with Crippen molar-refractivity contribution in [3.8, 4) is 0 Å². The van der Waals surface area contributed by atoms with Gasteiger partial charge in [-0.3, -0.25) is 9.59 Å². The largest absolute Gasteiger partial charge is 0.355 e. The maximum atomic E-state index is 12.0. The van der Waals surface area contributed by atoms with Crippen LogP contribution in [0.3, 0.4) is 0 Å². The van der Waals surface area contributed by atoms with Crippen LogP contribution in [-0.2, 0) is 4.79 Å². The van der Waals surface area contributed by atoms with Crippen LogP contribution in [0.2, 0.25) is 5.02 Å². The molecule has 0 radical (unpaired) electrons. The van der Waals surface area contributed by atoms with Crippen LogP contribution >= 0.6 is 24.0 Å². The van der Waals surface area contributed by atoms with Crippen molar-refractivity contribution in [1.82, 2.24) is 5.32 Å². The Balaban J connectivity index is 0.00000400. The van der Waals surface area contributed by atoms with E-state index in [-0.39, 0.29) is 30.1 Å². The van der Waals surface area contributed by atoms with Crippen molar-refractivity contribution >= 4 is 41.5 Å². The number of benzene rings is 1. The molecule has 0 fully saturated rings. The standard InChI is InChI=1S/C14H20ClN3O2.ClH/c1-4-8(2)12(16)14(20)18-9-5-6-11(15)10(7-9)13(19)17-3;/h5-8,12H,4,16H2,1-3H3,(H,17,19)(H,18,20);1H. The van der Waals surface area contributed by atoms with Crippen LogP contribution in [0.5, 0.6) is 0 Å². The van der Waals surface area contributed by atoms with E-state index in [2.05, 4.69) is 10.6 Å². The molecule has 0 aliphatic heterocycles. The molecule has 0 aliphatic rings. The second kappa shape index (κ2) is 8.87. The summed E-state index contributed by atoms with van der Waals surface area (Å²) in [5, 5.41) is 5.52. The first-order valence-corrected chi connectivity index (χ1v) is 6.86. The average Bonchev–Trinajstić information content (AvgIpc) is 2.46. The summed E-state index contributed by atoms with van der Waals surface area (Å²) >= 11 is 5.94. The van der Waals surface area contributed by atoms with Crippen LogP contribution in [-0.4, -0.2) is 24.9 Å². The van der Waals surface area contributed by atoms with Crippen LogP contribution in [0.25, 0.3) is 0 Å². The van der Waals surface area contributed by atoms with E-state index in [1.165, 1.54) is 13.1 Å². The molecule has 5 nitrogen and oxygen atoms in total. The first kappa shape index (κ1) is 19.7. The average molecular weight is 334 g/mol. The number of carbonyl (C=O) groups excluding carboxylic acids is 2. The zero-order chi connectivity index (χ0) is 15.3. The molecule has 7 heteroatoms. The number of amides is 2. The fourth-order valence-corrected chi connectivity index (χ4v) is 1.85. The molecule has 2 atom stereocenters. The van der Waals surface area contributed by atoms with Crippen LogP contribution in [0.15, 0.2) is 18.2 Å². The predicted molar refractivity (Wildman–Crippen MR) is 88.2 cm³/mol. The van der Waals surface area contributed by atoms with E-state index in [1.807, 2.05) is 13.8 Å². The summed E-state index contributed by atoms with van der Waals surface area (Å²) in [7, 11) is 1.52. The third kappa shape index (κ3) is 5.19. The molecule has 0 bridgehead atoms. The van der Waals surface area contributed by atoms with E-state index < -0.39 is 6.04 Å². The number of rotatable bonds is 5. The Labute approximate surface area is 136 Å². The molecule has 0 aromatic heterocycles. The molecule has 0 saturated heterocycles. The van der Waals surface area contributed by atoms with Crippen LogP contribution < -0.4 is 16.4 Å². The van der Waals surface area contributed by atoms with Gasteiger partial charge in [0.05, 0.1) is 16.6 Å². The summed E-state index contributed by atoms with van der Waals surface area (Å²) in [4.78, 5) is 23.6. The molecular formula is C14H21Cl2N3O2. The van der Waals surface area contributed by atoms with E-state index in [0.29, 0.717) is 16.3 Å². The van der Waals surface area contributed by atoms with Gasteiger partial charge in [0.2, 0.25) is 5.91 Å². The highest BCUT2D eigenvalue weighted by atomic mass is 35.5. The lowest BCUT2D eigenvalue weighted by atomic mass is 9.99. The van der Waals surface area contributed by atoms with Crippen molar-refractivity contribution in [1.29, 1.82) is 0 Å². The minimum atomic E-state index is -0.584. The minimum Gasteiger partial charge on any atom is -0.355 e. The van der Waals surface area contributed by atoms with Gasteiger partial charge in [-0.1, -0.05) is 31.9 Å². The Morgan fingerprint density at radius 1 is 1.38 bits per heavy atom. The van der Waals surface area contributed by atoms with E-state index in [1.54, 1.807) is 12.1 Å². The monoisotopic (exact) mass is 333 g/mol. The molecule has 0 heterocycles. The van der Waals surface area contributed by atoms with Gasteiger partial charge < -0.3 is 16.4 Å². The third-order valence-corrected chi connectivity index (χ3v) is 3.59. The maximum Gasteiger partial charge on any atom is 0.252 e. The predicted octanol–water partition coefficient (Wildman–Crippen LogP) is 2.43. The van der Waals surface area contributed by atoms with Gasteiger partial charge in [0.1, 0.15) is 0 Å². The van der Waals surface area contributed by atoms with Crippen molar-refractivity contribution in [2.45, 2.75) is 26.3 Å². The van der Waals surface area contributed by atoms with Gasteiger partial charge in [0, 0.05) is 12.7 Å². The highest BCUT2D eigenvalue weighted by Gasteiger charge is 2.20. The lowest BCUT2D eigenvalue weighted by molar-refractivity contribution is -0.118. The molecular weight excluding hydrogens is 313 g/mol. The Morgan fingerprint density at radius 3 is 2.52 bits per heavy atom. The van der Waals surface area contributed by atoms with Crippen molar-refractivity contribution in [2.24, 2.45) is 11.7 Å². The summed E-state index contributed by atoms with van der Waals surface area (Å²) in [6, 6.07) is 4.15. The van der Waals surface area contributed by atoms with E-state index in [9.17, 15) is 9.59 Å². The molecule has 1 aromatic rings. The summed E-state index contributed by atoms with van der Waals surface area (Å²) in [5.74, 6) is -0.498. The normalized spacial score (nSPS) is 12.8. The molecule has 0 saturated carbocycles. The summed E-state index contributed by atoms with van der Waals surface area (Å²) in [6.45, 7) is 3.89. The van der Waals surface area contributed by atoms with Crippen molar-refractivity contribution in [3.05, 3.63) is 28.8 Å². The number of nitrogens with one attached hydrogen (secondary N) is 2. The van der Waals surface area contributed by atoms with Crippen molar-refractivity contribution in [2.75, 3.05) is 12.4 Å². The fraction of sp³-hybridized carbons (Fsp3) is 0.429. The van der Waals surface area contributed by atoms with Gasteiger partial charge in [-0.25, -0.2) is 0 Å². The molecule has 0 aliphatic carbocycles. The van der Waals surface area contributed by atoms with E-state index >= 15 is 0 Å². The highest BCUT2D eigenvalue weighted by molar-refractivity contribution is 6.34. The molecule has 1 aromatic carbocycles. The summed E-state index contributed by atoms with van der Waals surface area (Å²) < 4.78 is 0. The van der Waals surface area contributed by atoms with Crippen LogP contribution in [0.4, 0.5) is 5.69 Å². The van der Waals surface area contributed by atoms with E-state index in [0.717, 1.165) is 6.42 Å². The summed E-state index contributed by atoms with van der Waals surface area (Å²) in [6.07, 6.45) is 0.818. The Bertz CT molecular complexity index is 509. The molecule has 2 amide bonds. The zero-order valence-electron chi connectivity index (χ0n) is 12.3. The molecule has 21 heavy (non-hydrogen) atoms. The Morgan fingerprint density at radius 2 is 2.00 bits per heavy atom.